The van der Waals surface area contributed by atoms with Crippen LogP contribution in [0.15, 0.2) is 64.9 Å². The molecule has 1 N–H and O–H groups in total. The number of aliphatic imine (C=N–C) groups is 1. The van der Waals surface area contributed by atoms with Gasteiger partial charge in [0.2, 0.25) is 0 Å². The molecule has 2 heterocycles. The zero-order chi connectivity index (χ0) is 21.3. The number of carbonyl (C=O) groups excluding carboxylic acids is 1. The van der Waals surface area contributed by atoms with Gasteiger partial charge in [-0.2, -0.15) is 4.99 Å². The molecule has 0 aromatic heterocycles. The van der Waals surface area contributed by atoms with Gasteiger partial charge in [-0.05, 0) is 36.8 Å². The molecule has 8 heteroatoms. The van der Waals surface area contributed by atoms with E-state index in [-0.39, 0.29) is 18.0 Å². The van der Waals surface area contributed by atoms with Crippen LogP contribution >= 0.6 is 11.6 Å². The molecule has 0 radical (unpaired) electrons. The number of allylic oxidation sites excluding steroid dienone is 1. The Morgan fingerprint density at radius 3 is 2.80 bits per heavy atom. The first-order valence-electron chi connectivity index (χ1n) is 9.10. The van der Waals surface area contributed by atoms with Gasteiger partial charge in [-0.15, -0.1) is 5.06 Å². The molecule has 0 saturated carbocycles. The number of ether oxygens (including phenoxy) is 2. The lowest BCUT2D eigenvalue weighted by Gasteiger charge is -2.23. The average Bonchev–Trinajstić information content (AvgIpc) is 3.11. The minimum absolute atomic E-state index is 0.0730. The predicted octanol–water partition coefficient (Wildman–Crippen LogP) is 4.38. The molecule has 0 saturated heterocycles. The van der Waals surface area contributed by atoms with Crippen LogP contribution in [-0.4, -0.2) is 29.8 Å². The van der Waals surface area contributed by atoms with Crippen LogP contribution in [0.2, 0.25) is 5.02 Å². The Bertz CT molecular complexity index is 1140. The van der Waals surface area contributed by atoms with Gasteiger partial charge >= 0.3 is 0 Å². The molecule has 2 aromatic carbocycles. The zero-order valence-electron chi connectivity index (χ0n) is 16.3. The van der Waals surface area contributed by atoms with Crippen molar-refractivity contribution in [2.24, 2.45) is 4.99 Å². The molecule has 152 valence electrons. The van der Waals surface area contributed by atoms with Crippen molar-refractivity contribution < 1.29 is 19.1 Å². The first-order valence-corrected chi connectivity index (χ1v) is 9.48. The molecular formula is C22H18ClN3O4. The van der Waals surface area contributed by atoms with Crippen LogP contribution < -0.4 is 9.47 Å². The minimum Gasteiger partial charge on any atom is -0.493 e. The number of hydrogen-bond acceptors (Lipinski definition) is 5. The highest BCUT2D eigenvalue weighted by Gasteiger charge is 2.34. The molecule has 4 rings (SSSR count). The van der Waals surface area contributed by atoms with Gasteiger partial charge in [-0.3, -0.25) is 10.2 Å². The molecule has 0 atom stereocenters. The third-order valence-corrected chi connectivity index (χ3v) is 4.89. The largest absolute Gasteiger partial charge is 0.493 e. The van der Waals surface area contributed by atoms with Gasteiger partial charge in [0.25, 0.3) is 5.91 Å². The Morgan fingerprint density at radius 2 is 2.03 bits per heavy atom. The summed E-state index contributed by atoms with van der Waals surface area (Å²) in [4.78, 5) is 21.8. The second-order valence-corrected chi connectivity index (χ2v) is 7.02. The Hall–Kier alpha value is -3.58. The Balaban J connectivity index is 1.57. The van der Waals surface area contributed by atoms with E-state index in [9.17, 15) is 4.79 Å². The first kappa shape index (κ1) is 19.7. The van der Waals surface area contributed by atoms with Gasteiger partial charge in [-0.1, -0.05) is 35.9 Å². The number of methoxy groups -OCH3 is 1. The third kappa shape index (κ3) is 3.79. The second kappa shape index (κ2) is 8.04. The predicted molar refractivity (Wildman–Crippen MR) is 114 cm³/mol. The number of fused-ring (bicyclic) bond motifs is 1. The standard InChI is InChI=1S/C22H18ClN3O4/c1-13-9-20-25-22(27)16(21(24)26(20)30-13)10-14-7-8-18(19(11-14)28-2)29-12-15-5-3-4-6-17(15)23/h3-11,24H,12H2,1-2H3/b16-10+,24-21?. The van der Waals surface area contributed by atoms with Gasteiger partial charge in [0.15, 0.2) is 23.2 Å². The molecule has 0 bridgehead atoms. The maximum absolute atomic E-state index is 12.4. The van der Waals surface area contributed by atoms with E-state index in [1.54, 1.807) is 43.3 Å². The smallest absolute Gasteiger partial charge is 0.282 e. The van der Waals surface area contributed by atoms with Crippen LogP contribution in [0.3, 0.4) is 0 Å². The molecule has 2 aromatic rings. The number of rotatable bonds is 5. The normalized spacial score (nSPS) is 16.8. The van der Waals surface area contributed by atoms with Crippen molar-refractivity contribution in [3.63, 3.8) is 0 Å². The number of carbonyl (C=O) groups is 1. The fraction of sp³-hybridized carbons (Fsp3) is 0.136. The molecule has 0 unspecified atom stereocenters. The summed E-state index contributed by atoms with van der Waals surface area (Å²) in [5.74, 6) is 1.32. The SMILES string of the molecule is COc1cc(/C=C2\C(=N)N3OC(C)=CC3=NC2=O)ccc1OCc1ccccc1Cl. The van der Waals surface area contributed by atoms with E-state index < -0.39 is 5.91 Å². The summed E-state index contributed by atoms with van der Waals surface area (Å²) in [6.07, 6.45) is 3.18. The molecule has 30 heavy (non-hydrogen) atoms. The summed E-state index contributed by atoms with van der Waals surface area (Å²) in [6.45, 7) is 2.02. The number of amidine groups is 2. The van der Waals surface area contributed by atoms with Gasteiger partial charge in [-0.25, -0.2) is 0 Å². The summed E-state index contributed by atoms with van der Waals surface area (Å²) in [5.41, 5.74) is 1.64. The van der Waals surface area contributed by atoms with E-state index in [0.29, 0.717) is 33.7 Å². The maximum Gasteiger partial charge on any atom is 0.282 e. The molecular weight excluding hydrogens is 406 g/mol. The van der Waals surface area contributed by atoms with Crippen molar-refractivity contribution in [3.05, 3.63) is 76.0 Å². The first-order chi connectivity index (χ1) is 14.5. The van der Waals surface area contributed by atoms with E-state index in [2.05, 4.69) is 4.99 Å². The quantitative estimate of drug-likeness (QED) is 0.721. The molecule has 2 aliphatic heterocycles. The second-order valence-electron chi connectivity index (χ2n) is 6.61. The van der Waals surface area contributed by atoms with Gasteiger partial charge in [0.1, 0.15) is 12.4 Å². The van der Waals surface area contributed by atoms with Gasteiger partial charge in [0.05, 0.1) is 12.7 Å². The van der Waals surface area contributed by atoms with Crippen LogP contribution in [0.25, 0.3) is 6.08 Å². The van der Waals surface area contributed by atoms with Crippen molar-refractivity contribution in [1.82, 2.24) is 5.06 Å². The number of benzene rings is 2. The average molecular weight is 424 g/mol. The van der Waals surface area contributed by atoms with Crippen molar-refractivity contribution in [2.45, 2.75) is 13.5 Å². The van der Waals surface area contributed by atoms with E-state index in [0.717, 1.165) is 5.56 Å². The van der Waals surface area contributed by atoms with Crippen molar-refractivity contribution in [1.29, 1.82) is 5.41 Å². The van der Waals surface area contributed by atoms with Crippen LogP contribution in [0.5, 0.6) is 11.5 Å². The lowest BCUT2D eigenvalue weighted by Crippen LogP contribution is -2.38. The number of hydrogen-bond donors (Lipinski definition) is 1. The monoisotopic (exact) mass is 423 g/mol. The number of hydroxylamine groups is 2. The van der Waals surface area contributed by atoms with Crippen molar-refractivity contribution >= 4 is 35.3 Å². The molecule has 0 aliphatic carbocycles. The topological polar surface area (TPSA) is 84.2 Å². The summed E-state index contributed by atoms with van der Waals surface area (Å²) < 4.78 is 11.3. The van der Waals surface area contributed by atoms with Gasteiger partial charge in [0, 0.05) is 16.7 Å². The molecule has 1 amide bonds. The lowest BCUT2D eigenvalue weighted by molar-refractivity contribution is -0.114. The van der Waals surface area contributed by atoms with Crippen LogP contribution in [0.1, 0.15) is 18.1 Å². The van der Waals surface area contributed by atoms with E-state index >= 15 is 0 Å². The summed E-state index contributed by atoms with van der Waals surface area (Å²) in [5, 5.41) is 10.1. The Kier molecular flexibility index (Phi) is 5.29. The summed E-state index contributed by atoms with van der Waals surface area (Å²) in [7, 11) is 1.53. The highest BCUT2D eigenvalue weighted by atomic mass is 35.5. The van der Waals surface area contributed by atoms with E-state index in [4.69, 9.17) is 31.3 Å². The van der Waals surface area contributed by atoms with E-state index in [1.165, 1.54) is 12.2 Å². The highest BCUT2D eigenvalue weighted by Crippen LogP contribution is 2.31. The van der Waals surface area contributed by atoms with Crippen molar-refractivity contribution in [3.8, 4) is 11.5 Å². The third-order valence-electron chi connectivity index (χ3n) is 4.52. The van der Waals surface area contributed by atoms with Crippen LogP contribution in [-0.2, 0) is 16.2 Å². The lowest BCUT2D eigenvalue weighted by atomic mass is 10.1. The van der Waals surface area contributed by atoms with Crippen molar-refractivity contribution in [2.75, 3.05) is 7.11 Å². The fourth-order valence-electron chi connectivity index (χ4n) is 3.03. The Morgan fingerprint density at radius 1 is 1.23 bits per heavy atom. The van der Waals surface area contributed by atoms with Crippen LogP contribution in [0.4, 0.5) is 0 Å². The molecule has 2 aliphatic rings. The highest BCUT2D eigenvalue weighted by molar-refractivity contribution is 6.32. The Labute approximate surface area is 178 Å². The number of halogens is 1. The summed E-state index contributed by atoms with van der Waals surface area (Å²) >= 11 is 6.17. The van der Waals surface area contributed by atoms with Gasteiger partial charge < -0.3 is 14.3 Å². The zero-order valence-corrected chi connectivity index (χ0v) is 17.1. The minimum atomic E-state index is -0.501. The number of nitrogens with zero attached hydrogens (tertiary/aromatic N) is 2. The number of amides is 1. The van der Waals surface area contributed by atoms with Crippen LogP contribution in [0, 0.1) is 5.41 Å². The molecule has 0 fully saturated rings. The number of nitrogens with one attached hydrogen (secondary N) is 1. The molecule has 0 spiro atoms. The van der Waals surface area contributed by atoms with E-state index in [1.807, 2.05) is 18.2 Å². The molecule has 7 nitrogen and oxygen atoms in total. The maximum atomic E-state index is 12.4. The summed E-state index contributed by atoms with van der Waals surface area (Å²) in [6, 6.07) is 12.7. The fourth-order valence-corrected chi connectivity index (χ4v) is 3.22.